The number of likely N-dealkylation sites (tertiary alicyclic amines) is 1. The van der Waals surface area contributed by atoms with Crippen LogP contribution in [0.3, 0.4) is 0 Å². The van der Waals surface area contributed by atoms with Gasteiger partial charge in [-0.1, -0.05) is 0 Å². The Morgan fingerprint density at radius 3 is 2.74 bits per heavy atom. The fraction of sp³-hybridized carbons (Fsp3) is 0.500. The van der Waals surface area contributed by atoms with E-state index < -0.39 is 11.9 Å². The van der Waals surface area contributed by atoms with Gasteiger partial charge in [0, 0.05) is 24.8 Å². The van der Waals surface area contributed by atoms with E-state index in [2.05, 4.69) is 10.1 Å². The molecule has 2 aromatic rings. The molecule has 3 heterocycles. The van der Waals surface area contributed by atoms with Crippen LogP contribution in [0.25, 0.3) is 11.0 Å². The second kappa shape index (κ2) is 5.64. The Balaban J connectivity index is 2.00. The molecule has 0 spiro atoms. The second-order valence-electron chi connectivity index (χ2n) is 6.31. The lowest BCUT2D eigenvalue weighted by Gasteiger charge is -2.17. The van der Waals surface area contributed by atoms with Crippen molar-refractivity contribution in [3.8, 4) is 0 Å². The number of aryl methyl sites for hydroxylation is 1. The number of carbonyl (C=O) groups excluding carboxylic acids is 1. The molecule has 0 aromatic carbocycles. The SMILES string of the molecule is Cc1cc(C(=O)N2CC[C@@H](C(=O)O)C2)c2cnn(C(C)C)c2n1. The van der Waals surface area contributed by atoms with E-state index in [1.165, 1.54) is 0 Å². The zero-order valence-corrected chi connectivity index (χ0v) is 13.5. The minimum atomic E-state index is -0.844. The largest absolute Gasteiger partial charge is 0.481 e. The number of hydrogen-bond acceptors (Lipinski definition) is 4. The number of nitrogens with zero attached hydrogens (tertiary/aromatic N) is 4. The van der Waals surface area contributed by atoms with Gasteiger partial charge in [0.2, 0.25) is 0 Å². The third-order valence-electron chi connectivity index (χ3n) is 4.24. The lowest BCUT2D eigenvalue weighted by atomic mass is 10.1. The van der Waals surface area contributed by atoms with Crippen LogP contribution in [-0.4, -0.2) is 49.7 Å². The molecule has 1 atom stereocenters. The van der Waals surface area contributed by atoms with Crippen LogP contribution in [-0.2, 0) is 4.79 Å². The molecule has 7 heteroatoms. The summed E-state index contributed by atoms with van der Waals surface area (Å²) < 4.78 is 1.79. The molecule has 1 amide bonds. The van der Waals surface area contributed by atoms with Crippen molar-refractivity contribution in [3.05, 3.63) is 23.5 Å². The summed E-state index contributed by atoms with van der Waals surface area (Å²) in [6, 6.07) is 1.90. The van der Waals surface area contributed by atoms with Gasteiger partial charge in [0.15, 0.2) is 5.65 Å². The molecule has 0 radical (unpaired) electrons. The molecule has 1 saturated heterocycles. The lowest BCUT2D eigenvalue weighted by molar-refractivity contribution is -0.141. The molecule has 1 N–H and O–H groups in total. The summed E-state index contributed by atoms with van der Waals surface area (Å²) in [4.78, 5) is 30.0. The first-order valence-electron chi connectivity index (χ1n) is 7.75. The van der Waals surface area contributed by atoms with Gasteiger partial charge in [0.25, 0.3) is 5.91 Å². The van der Waals surface area contributed by atoms with Gasteiger partial charge in [0.1, 0.15) is 0 Å². The Bertz CT molecular complexity index is 781. The van der Waals surface area contributed by atoms with Crippen LogP contribution < -0.4 is 0 Å². The Labute approximate surface area is 133 Å². The van der Waals surface area contributed by atoms with Gasteiger partial charge in [-0.2, -0.15) is 5.10 Å². The van der Waals surface area contributed by atoms with Gasteiger partial charge in [-0.15, -0.1) is 0 Å². The first kappa shape index (κ1) is 15.5. The summed E-state index contributed by atoms with van der Waals surface area (Å²) in [5, 5.41) is 14.2. The minimum Gasteiger partial charge on any atom is -0.481 e. The fourth-order valence-corrected chi connectivity index (χ4v) is 3.01. The molecule has 1 aliphatic rings. The van der Waals surface area contributed by atoms with Gasteiger partial charge >= 0.3 is 5.97 Å². The summed E-state index contributed by atoms with van der Waals surface area (Å²) >= 11 is 0. The highest BCUT2D eigenvalue weighted by Gasteiger charge is 2.32. The molecule has 2 aromatic heterocycles. The van der Waals surface area contributed by atoms with Crippen LogP contribution in [0, 0.1) is 12.8 Å². The maximum Gasteiger partial charge on any atom is 0.308 e. The van der Waals surface area contributed by atoms with Crippen molar-refractivity contribution in [2.45, 2.75) is 33.2 Å². The number of hydrogen-bond donors (Lipinski definition) is 1. The number of aromatic nitrogens is 3. The predicted octanol–water partition coefficient (Wildman–Crippen LogP) is 1.87. The maximum atomic E-state index is 12.8. The van der Waals surface area contributed by atoms with Crippen molar-refractivity contribution >= 4 is 22.9 Å². The number of carboxylic acid groups (broad SMARTS) is 1. The molecule has 7 nitrogen and oxygen atoms in total. The van der Waals surface area contributed by atoms with Crippen molar-refractivity contribution in [3.63, 3.8) is 0 Å². The Morgan fingerprint density at radius 2 is 2.13 bits per heavy atom. The van der Waals surface area contributed by atoms with Crippen molar-refractivity contribution in [1.82, 2.24) is 19.7 Å². The number of rotatable bonds is 3. The van der Waals surface area contributed by atoms with E-state index in [1.54, 1.807) is 21.8 Å². The zero-order valence-electron chi connectivity index (χ0n) is 13.5. The first-order valence-corrected chi connectivity index (χ1v) is 7.75. The standard InChI is InChI=1S/C16H20N4O3/c1-9(2)20-14-13(7-17-20)12(6-10(3)18-14)15(21)19-5-4-11(8-19)16(22)23/h6-7,9,11H,4-5,8H2,1-3H3,(H,22,23)/t11-/m1/s1. The topological polar surface area (TPSA) is 88.3 Å². The van der Waals surface area contributed by atoms with Crippen LogP contribution in [0.15, 0.2) is 12.3 Å². The van der Waals surface area contributed by atoms with E-state index in [4.69, 9.17) is 5.11 Å². The van der Waals surface area contributed by atoms with E-state index in [9.17, 15) is 9.59 Å². The van der Waals surface area contributed by atoms with E-state index in [0.717, 1.165) is 5.69 Å². The summed E-state index contributed by atoms with van der Waals surface area (Å²) in [5.41, 5.74) is 1.99. The van der Waals surface area contributed by atoms with Crippen molar-refractivity contribution in [2.24, 2.45) is 5.92 Å². The number of amides is 1. The smallest absolute Gasteiger partial charge is 0.308 e. The molecule has 0 unspecified atom stereocenters. The average molecular weight is 316 g/mol. The van der Waals surface area contributed by atoms with E-state index in [0.29, 0.717) is 29.6 Å². The van der Waals surface area contributed by atoms with E-state index >= 15 is 0 Å². The van der Waals surface area contributed by atoms with Gasteiger partial charge in [-0.3, -0.25) is 9.59 Å². The first-order chi connectivity index (χ1) is 10.9. The molecule has 3 rings (SSSR count). The molecular formula is C16H20N4O3. The highest BCUT2D eigenvalue weighted by molar-refractivity contribution is 6.05. The molecule has 0 saturated carbocycles. The summed E-state index contributed by atoms with van der Waals surface area (Å²) in [6.45, 7) is 6.59. The van der Waals surface area contributed by atoms with E-state index in [1.807, 2.05) is 20.8 Å². The normalized spacial score (nSPS) is 18.1. The summed E-state index contributed by atoms with van der Waals surface area (Å²) in [6.07, 6.45) is 2.17. The number of fused-ring (bicyclic) bond motifs is 1. The average Bonchev–Trinajstić information content (AvgIpc) is 3.12. The molecule has 1 fully saturated rings. The molecule has 1 aliphatic heterocycles. The quantitative estimate of drug-likeness (QED) is 0.934. The highest BCUT2D eigenvalue weighted by atomic mass is 16.4. The molecule has 122 valence electrons. The molecular weight excluding hydrogens is 296 g/mol. The van der Waals surface area contributed by atoms with Crippen LogP contribution in [0.2, 0.25) is 0 Å². The monoisotopic (exact) mass is 316 g/mol. The second-order valence-corrected chi connectivity index (χ2v) is 6.31. The van der Waals surface area contributed by atoms with Crippen molar-refractivity contribution < 1.29 is 14.7 Å². The third-order valence-corrected chi connectivity index (χ3v) is 4.24. The van der Waals surface area contributed by atoms with Crippen molar-refractivity contribution in [1.29, 1.82) is 0 Å². The van der Waals surface area contributed by atoms with Crippen LogP contribution >= 0.6 is 0 Å². The number of pyridine rings is 1. The molecule has 23 heavy (non-hydrogen) atoms. The van der Waals surface area contributed by atoms with Crippen LogP contribution in [0.4, 0.5) is 0 Å². The minimum absolute atomic E-state index is 0.146. The molecule has 0 bridgehead atoms. The maximum absolute atomic E-state index is 12.8. The number of carbonyl (C=O) groups is 2. The Morgan fingerprint density at radius 1 is 1.39 bits per heavy atom. The van der Waals surface area contributed by atoms with Gasteiger partial charge in [-0.25, -0.2) is 9.67 Å². The number of carboxylic acids is 1. The predicted molar refractivity (Wildman–Crippen MR) is 84.3 cm³/mol. The molecule has 0 aliphatic carbocycles. The van der Waals surface area contributed by atoms with Crippen LogP contribution in [0.1, 0.15) is 42.4 Å². The summed E-state index contributed by atoms with van der Waals surface area (Å²) in [5.74, 6) is -1.47. The van der Waals surface area contributed by atoms with Gasteiger partial charge in [0.05, 0.1) is 23.1 Å². The fourth-order valence-electron chi connectivity index (χ4n) is 3.01. The zero-order chi connectivity index (χ0) is 16.7. The highest BCUT2D eigenvalue weighted by Crippen LogP contribution is 2.25. The van der Waals surface area contributed by atoms with Crippen molar-refractivity contribution in [2.75, 3.05) is 13.1 Å². The van der Waals surface area contributed by atoms with Gasteiger partial charge < -0.3 is 10.0 Å². The lowest BCUT2D eigenvalue weighted by Crippen LogP contribution is -2.30. The van der Waals surface area contributed by atoms with Crippen LogP contribution in [0.5, 0.6) is 0 Å². The Kier molecular flexibility index (Phi) is 3.79. The summed E-state index contributed by atoms with van der Waals surface area (Å²) in [7, 11) is 0. The Hall–Kier alpha value is -2.44. The third kappa shape index (κ3) is 2.67. The van der Waals surface area contributed by atoms with E-state index in [-0.39, 0.29) is 18.5 Å². The number of aliphatic carboxylic acids is 1. The van der Waals surface area contributed by atoms with Gasteiger partial charge in [-0.05, 0) is 33.3 Å².